The van der Waals surface area contributed by atoms with Crippen LogP contribution in [0, 0.1) is 11.8 Å². The first-order valence-corrected chi connectivity index (χ1v) is 18.2. The lowest BCUT2D eigenvalue weighted by Gasteiger charge is -2.36. The van der Waals surface area contributed by atoms with Crippen molar-refractivity contribution in [1.29, 1.82) is 0 Å². The van der Waals surface area contributed by atoms with E-state index in [1.807, 2.05) is 51.3 Å². The van der Waals surface area contributed by atoms with Crippen molar-refractivity contribution in [3.8, 4) is 0 Å². The third-order valence-corrected chi connectivity index (χ3v) is 8.96. The number of rotatable bonds is 7. The van der Waals surface area contributed by atoms with Gasteiger partial charge in [-0.3, -0.25) is 19.2 Å². The van der Waals surface area contributed by atoms with E-state index in [9.17, 15) is 24.0 Å². The first-order valence-electron chi connectivity index (χ1n) is 18.2. The maximum absolute atomic E-state index is 12.0. The molecule has 5 aliphatic rings. The molecule has 2 amide bonds. The standard InChI is InChI=1S/C15H25NO4.C12H20O5.C9H16N2O2.ClH/c1-15(2,3)20-13(17)9-11-5-6-12(19-10-11)14(18)16-7-4-8-16;1-12(2,3)17-10(13)6-8-4-5-9(11(14)15)16-7-8;10-7-2-3-8(13-6-7)9(12)11-4-1-5-11;/h11-12H,4-10H2,1-3H3;8-9H,4-7H2,1-3H3,(H,14,15);7-8H,1-6,10H2;1H/t11-,12-;8-,9-;7-,8+;/m001./s1. The second-order valence-electron chi connectivity index (χ2n) is 16.0. The minimum absolute atomic E-state index is 0. The number of aliphatic carboxylic acids is 1. The van der Waals surface area contributed by atoms with Crippen molar-refractivity contribution in [2.45, 2.75) is 141 Å². The van der Waals surface area contributed by atoms with E-state index in [0.717, 1.165) is 58.3 Å². The van der Waals surface area contributed by atoms with Crippen molar-refractivity contribution in [1.82, 2.24) is 9.80 Å². The Bertz CT molecular complexity index is 1130. The number of carboxylic acids is 1. The van der Waals surface area contributed by atoms with Crippen molar-refractivity contribution in [2.75, 3.05) is 46.0 Å². The fourth-order valence-corrected chi connectivity index (χ4v) is 6.01. The molecule has 5 fully saturated rings. The maximum atomic E-state index is 12.0. The quantitative estimate of drug-likeness (QED) is 0.362. The molecule has 6 atom stereocenters. The number of halogens is 1. The molecule has 0 spiro atoms. The van der Waals surface area contributed by atoms with E-state index in [1.54, 1.807) is 0 Å². The Hall–Kier alpha value is -2.52. The average molecular weight is 748 g/mol. The Labute approximate surface area is 309 Å². The molecule has 0 unspecified atom stereocenters. The Morgan fingerprint density at radius 3 is 1.27 bits per heavy atom. The highest BCUT2D eigenvalue weighted by Gasteiger charge is 2.34. The molecule has 5 rings (SSSR count). The van der Waals surface area contributed by atoms with Gasteiger partial charge >= 0.3 is 17.9 Å². The van der Waals surface area contributed by atoms with Gasteiger partial charge in [0.1, 0.15) is 23.4 Å². The molecule has 3 N–H and O–H groups in total. The van der Waals surface area contributed by atoms with Crippen LogP contribution in [-0.2, 0) is 47.7 Å². The molecule has 51 heavy (non-hydrogen) atoms. The second-order valence-corrected chi connectivity index (χ2v) is 16.0. The number of esters is 2. The fraction of sp³-hybridized carbons (Fsp3) is 0.861. The summed E-state index contributed by atoms with van der Waals surface area (Å²) in [5.74, 6) is -0.838. The van der Waals surface area contributed by atoms with E-state index in [4.69, 9.17) is 34.5 Å². The van der Waals surface area contributed by atoms with Gasteiger partial charge < -0.3 is 44.3 Å². The van der Waals surface area contributed by atoms with Gasteiger partial charge in [0.15, 0.2) is 6.10 Å². The van der Waals surface area contributed by atoms with E-state index in [-0.39, 0.29) is 66.2 Å². The average Bonchev–Trinajstić information content (AvgIpc) is 2.95. The molecule has 0 aliphatic carbocycles. The summed E-state index contributed by atoms with van der Waals surface area (Å²) in [6.07, 6.45) is 6.09. The number of amides is 2. The molecule has 0 bridgehead atoms. The monoisotopic (exact) mass is 747 g/mol. The van der Waals surface area contributed by atoms with Crippen molar-refractivity contribution in [3.05, 3.63) is 0 Å². The lowest BCUT2D eigenvalue weighted by molar-refractivity contribution is -0.162. The Morgan fingerprint density at radius 2 is 1.00 bits per heavy atom. The number of ether oxygens (including phenoxy) is 5. The maximum Gasteiger partial charge on any atom is 0.332 e. The third kappa shape index (κ3) is 16.4. The second kappa shape index (κ2) is 20.6. The zero-order valence-corrected chi connectivity index (χ0v) is 32.2. The third-order valence-electron chi connectivity index (χ3n) is 8.96. The van der Waals surface area contributed by atoms with E-state index >= 15 is 0 Å². The molecule has 0 saturated carbocycles. The molecule has 0 radical (unpaired) electrons. The molecule has 294 valence electrons. The van der Waals surface area contributed by atoms with Gasteiger partial charge in [-0.1, -0.05) is 0 Å². The van der Waals surface area contributed by atoms with Gasteiger partial charge in [0.05, 0.1) is 32.7 Å². The first kappa shape index (κ1) is 44.6. The largest absolute Gasteiger partial charge is 0.479 e. The molecular weight excluding hydrogens is 686 g/mol. The van der Waals surface area contributed by atoms with Gasteiger partial charge in [-0.25, -0.2) is 4.79 Å². The summed E-state index contributed by atoms with van der Waals surface area (Å²) in [5.41, 5.74) is 4.75. The summed E-state index contributed by atoms with van der Waals surface area (Å²) >= 11 is 0. The van der Waals surface area contributed by atoms with E-state index in [1.165, 1.54) is 0 Å². The van der Waals surface area contributed by atoms with Gasteiger partial charge in [0, 0.05) is 32.2 Å². The minimum Gasteiger partial charge on any atom is -0.479 e. The van der Waals surface area contributed by atoms with Crippen LogP contribution in [0.15, 0.2) is 0 Å². The van der Waals surface area contributed by atoms with Crippen molar-refractivity contribution in [2.24, 2.45) is 17.6 Å². The molecule has 5 aliphatic heterocycles. The van der Waals surface area contributed by atoms with Crippen LogP contribution in [0.2, 0.25) is 0 Å². The zero-order valence-electron chi connectivity index (χ0n) is 31.4. The van der Waals surface area contributed by atoms with Crippen LogP contribution in [0.25, 0.3) is 0 Å². The number of nitrogens with two attached hydrogens (primary N) is 1. The lowest BCUT2D eigenvalue weighted by Crippen LogP contribution is -2.50. The topological polar surface area (TPSA) is 184 Å². The Balaban J connectivity index is 0.000000268. The van der Waals surface area contributed by atoms with Gasteiger partial charge in [-0.15, -0.1) is 12.4 Å². The summed E-state index contributed by atoms with van der Waals surface area (Å²) in [6, 6.07) is 0.125. The van der Waals surface area contributed by atoms with Crippen LogP contribution in [0.1, 0.15) is 106 Å². The molecule has 14 nitrogen and oxygen atoms in total. The molecule has 5 saturated heterocycles. The molecule has 0 aromatic rings. The number of hydrogen-bond donors (Lipinski definition) is 2. The fourth-order valence-electron chi connectivity index (χ4n) is 6.01. The summed E-state index contributed by atoms with van der Waals surface area (Å²) in [6.45, 7) is 15.9. The number of likely N-dealkylation sites (tertiary alicyclic amines) is 2. The predicted octanol–water partition coefficient (Wildman–Crippen LogP) is 3.49. The van der Waals surface area contributed by atoms with Gasteiger partial charge in [-0.05, 0) is 105 Å². The SMILES string of the molecule is CC(C)(C)OC(=O)C[C@@H]1CC[C@@H](C(=O)N2CCC2)OC1.CC(C)(C)OC(=O)C[C@@H]1CC[C@@H](C(=O)O)OC1.Cl.N[C@@H]1CC[C@@H](C(=O)N2CCC2)OC1. The molecule has 15 heteroatoms. The predicted molar refractivity (Wildman–Crippen MR) is 190 cm³/mol. The van der Waals surface area contributed by atoms with Crippen LogP contribution in [0.4, 0.5) is 0 Å². The summed E-state index contributed by atoms with van der Waals surface area (Å²) in [5, 5.41) is 8.74. The number of hydrogen-bond acceptors (Lipinski definition) is 11. The number of carbonyl (C=O) groups is 5. The number of carboxylic acid groups (broad SMARTS) is 1. The normalized spacial score (nSPS) is 27.7. The number of nitrogens with zero attached hydrogens (tertiary/aromatic N) is 2. The lowest BCUT2D eigenvalue weighted by atomic mass is 9.94. The highest BCUT2D eigenvalue weighted by molar-refractivity contribution is 5.85. The summed E-state index contributed by atoms with van der Waals surface area (Å²) in [7, 11) is 0. The first-order chi connectivity index (χ1) is 23.4. The van der Waals surface area contributed by atoms with Crippen LogP contribution < -0.4 is 5.73 Å². The molecular formula is C36H62ClN3O11. The van der Waals surface area contributed by atoms with E-state index in [2.05, 4.69) is 0 Å². The zero-order chi connectivity index (χ0) is 37.1. The highest BCUT2D eigenvalue weighted by Crippen LogP contribution is 2.26. The number of carbonyl (C=O) groups excluding carboxylic acids is 4. The molecule has 0 aromatic heterocycles. The van der Waals surface area contributed by atoms with Crippen LogP contribution in [0.5, 0.6) is 0 Å². The smallest absolute Gasteiger partial charge is 0.332 e. The van der Waals surface area contributed by atoms with Crippen molar-refractivity contribution in [3.63, 3.8) is 0 Å². The van der Waals surface area contributed by atoms with Crippen molar-refractivity contribution >= 4 is 42.1 Å². The Kier molecular flexibility index (Phi) is 18.1. The van der Waals surface area contributed by atoms with Crippen LogP contribution >= 0.6 is 12.4 Å². The summed E-state index contributed by atoms with van der Waals surface area (Å²) in [4.78, 5) is 61.3. The molecule has 0 aromatic carbocycles. The minimum atomic E-state index is -0.930. The molecule has 5 heterocycles. The van der Waals surface area contributed by atoms with E-state index in [0.29, 0.717) is 51.9 Å². The van der Waals surface area contributed by atoms with Gasteiger partial charge in [-0.2, -0.15) is 0 Å². The Morgan fingerprint density at radius 1 is 0.627 bits per heavy atom. The van der Waals surface area contributed by atoms with E-state index < -0.39 is 23.3 Å². The van der Waals surface area contributed by atoms with Crippen molar-refractivity contribution < 1.29 is 52.8 Å². The van der Waals surface area contributed by atoms with Crippen LogP contribution in [-0.4, -0.2) is 126 Å². The summed E-state index contributed by atoms with van der Waals surface area (Å²) < 4.78 is 26.7. The van der Waals surface area contributed by atoms with Gasteiger partial charge in [0.2, 0.25) is 0 Å². The highest BCUT2D eigenvalue weighted by atomic mass is 35.5. The van der Waals surface area contributed by atoms with Crippen LogP contribution in [0.3, 0.4) is 0 Å². The van der Waals surface area contributed by atoms with Gasteiger partial charge in [0.25, 0.3) is 11.8 Å².